The molecule has 3 amide bonds. The van der Waals surface area contributed by atoms with Crippen molar-refractivity contribution in [1.82, 2.24) is 10.2 Å². The van der Waals surface area contributed by atoms with Crippen molar-refractivity contribution in [2.45, 2.75) is 51.2 Å². The molecule has 6 nitrogen and oxygen atoms in total. The van der Waals surface area contributed by atoms with Crippen LogP contribution < -0.4 is 10.1 Å². The van der Waals surface area contributed by atoms with E-state index < -0.39 is 17.7 Å². The van der Waals surface area contributed by atoms with Gasteiger partial charge in [0.1, 0.15) is 24.0 Å². The third kappa shape index (κ3) is 2.98. The second kappa shape index (κ2) is 6.43. The molecule has 1 atom stereocenters. The molecule has 0 bridgehead atoms. The largest absolute Gasteiger partial charge is 0.490 e. The van der Waals surface area contributed by atoms with Crippen LogP contribution in [-0.2, 0) is 4.79 Å². The van der Waals surface area contributed by atoms with Crippen LogP contribution in [0.4, 0.5) is 4.79 Å². The summed E-state index contributed by atoms with van der Waals surface area (Å²) in [7, 11) is 0. The number of aryl methyl sites for hydroxylation is 2. The van der Waals surface area contributed by atoms with Gasteiger partial charge in [-0.2, -0.15) is 0 Å². The predicted molar refractivity (Wildman–Crippen MR) is 88.9 cm³/mol. The number of para-hydroxylation sites is 1. The first-order chi connectivity index (χ1) is 11.4. The van der Waals surface area contributed by atoms with Gasteiger partial charge in [-0.1, -0.05) is 31.0 Å². The summed E-state index contributed by atoms with van der Waals surface area (Å²) >= 11 is 0. The van der Waals surface area contributed by atoms with Crippen molar-refractivity contribution < 1.29 is 19.4 Å². The molecule has 24 heavy (non-hydrogen) atoms. The number of nitrogens with one attached hydrogen (secondary N) is 1. The van der Waals surface area contributed by atoms with Crippen LogP contribution in [-0.4, -0.2) is 46.7 Å². The molecule has 1 saturated heterocycles. The van der Waals surface area contributed by atoms with E-state index in [1.165, 1.54) is 0 Å². The molecule has 0 radical (unpaired) electrons. The number of nitrogens with zero attached hydrogens (tertiary/aromatic N) is 1. The highest BCUT2D eigenvalue weighted by molar-refractivity contribution is 6.07. The third-order valence-electron chi connectivity index (χ3n) is 4.93. The molecule has 2 N–H and O–H groups in total. The Morgan fingerprint density at radius 1 is 1.25 bits per heavy atom. The van der Waals surface area contributed by atoms with Gasteiger partial charge in [-0.05, 0) is 37.8 Å². The summed E-state index contributed by atoms with van der Waals surface area (Å²) in [4.78, 5) is 25.8. The second-order valence-electron chi connectivity index (χ2n) is 6.82. The van der Waals surface area contributed by atoms with Gasteiger partial charge < -0.3 is 15.2 Å². The Morgan fingerprint density at radius 2 is 1.88 bits per heavy atom. The second-order valence-corrected chi connectivity index (χ2v) is 6.82. The van der Waals surface area contributed by atoms with Crippen LogP contribution in [0.3, 0.4) is 0 Å². The maximum atomic E-state index is 12.5. The van der Waals surface area contributed by atoms with Crippen molar-refractivity contribution in [2.75, 3.05) is 13.2 Å². The van der Waals surface area contributed by atoms with Crippen LogP contribution in [0.1, 0.15) is 36.8 Å². The summed E-state index contributed by atoms with van der Waals surface area (Å²) in [5, 5.41) is 13.0. The Morgan fingerprint density at radius 3 is 2.50 bits per heavy atom. The molecule has 2 fully saturated rings. The quantitative estimate of drug-likeness (QED) is 0.807. The number of carbonyl (C=O) groups excluding carboxylic acids is 2. The molecule has 0 unspecified atom stereocenters. The van der Waals surface area contributed by atoms with E-state index in [2.05, 4.69) is 5.32 Å². The van der Waals surface area contributed by atoms with E-state index in [0.29, 0.717) is 12.8 Å². The van der Waals surface area contributed by atoms with Crippen LogP contribution in [0.15, 0.2) is 18.2 Å². The SMILES string of the molecule is Cc1cccc(C)c1OC[C@@H](O)CN1C(=O)NC2(CCCC2)C1=O. The lowest BCUT2D eigenvalue weighted by Crippen LogP contribution is -2.45. The Kier molecular flexibility index (Phi) is 4.49. The van der Waals surface area contributed by atoms with Crippen LogP contribution >= 0.6 is 0 Å². The van der Waals surface area contributed by atoms with Gasteiger partial charge in [0.15, 0.2) is 0 Å². The van der Waals surface area contributed by atoms with Gasteiger partial charge in [0.05, 0.1) is 6.54 Å². The molecule has 1 aromatic carbocycles. The summed E-state index contributed by atoms with van der Waals surface area (Å²) < 4.78 is 5.71. The minimum Gasteiger partial charge on any atom is -0.490 e. The molecule has 6 heteroatoms. The van der Waals surface area contributed by atoms with Gasteiger partial charge in [0.25, 0.3) is 5.91 Å². The first kappa shape index (κ1) is 16.8. The number of β-amino-alcohol motifs (C(OH)–C–C–N with tert-alkyl or cyclic N) is 1. The highest BCUT2D eigenvalue weighted by atomic mass is 16.5. The number of imide groups is 1. The molecule has 1 aliphatic carbocycles. The molecule has 3 rings (SSSR count). The van der Waals surface area contributed by atoms with E-state index in [-0.39, 0.29) is 19.1 Å². The summed E-state index contributed by atoms with van der Waals surface area (Å²) in [6, 6.07) is 5.42. The zero-order valence-corrected chi connectivity index (χ0v) is 14.2. The van der Waals surface area contributed by atoms with Crippen LogP contribution in [0.25, 0.3) is 0 Å². The molecule has 1 heterocycles. The van der Waals surface area contributed by atoms with Gasteiger partial charge in [-0.25, -0.2) is 4.79 Å². The fraction of sp³-hybridized carbons (Fsp3) is 0.556. The number of aliphatic hydroxyl groups excluding tert-OH is 1. The molecular formula is C18H24N2O4. The minimum atomic E-state index is -0.921. The third-order valence-corrected chi connectivity index (χ3v) is 4.93. The van der Waals surface area contributed by atoms with E-state index >= 15 is 0 Å². The zero-order chi connectivity index (χ0) is 17.3. The number of urea groups is 1. The molecule has 1 saturated carbocycles. The lowest BCUT2D eigenvalue weighted by molar-refractivity contribution is -0.132. The number of carbonyl (C=O) groups is 2. The van der Waals surface area contributed by atoms with Gasteiger partial charge in [0, 0.05) is 0 Å². The van der Waals surface area contributed by atoms with Crippen molar-refractivity contribution in [1.29, 1.82) is 0 Å². The van der Waals surface area contributed by atoms with E-state index in [4.69, 9.17) is 4.74 Å². The monoisotopic (exact) mass is 332 g/mol. The molecule has 1 aromatic rings. The van der Waals surface area contributed by atoms with Crippen molar-refractivity contribution in [2.24, 2.45) is 0 Å². The first-order valence-electron chi connectivity index (χ1n) is 8.44. The fourth-order valence-corrected chi connectivity index (χ4v) is 3.63. The number of aliphatic hydroxyl groups is 1. The lowest BCUT2D eigenvalue weighted by Gasteiger charge is -2.22. The van der Waals surface area contributed by atoms with Gasteiger partial charge in [-0.15, -0.1) is 0 Å². The van der Waals surface area contributed by atoms with E-state index in [1.54, 1.807) is 0 Å². The standard InChI is InChI=1S/C18H24N2O4/c1-12-6-5-7-13(2)15(12)24-11-14(21)10-20-16(22)18(19-17(20)23)8-3-4-9-18/h5-7,14,21H,3-4,8-11H2,1-2H3,(H,19,23)/t14-/m0/s1. The average Bonchev–Trinajstić information content (AvgIpc) is 3.08. The van der Waals surface area contributed by atoms with Gasteiger partial charge in [-0.3, -0.25) is 9.69 Å². The Balaban J connectivity index is 1.60. The Bertz CT molecular complexity index is 632. The highest BCUT2D eigenvalue weighted by Crippen LogP contribution is 2.35. The van der Waals surface area contributed by atoms with E-state index in [9.17, 15) is 14.7 Å². The van der Waals surface area contributed by atoms with Crippen molar-refractivity contribution in [3.05, 3.63) is 29.3 Å². The number of hydrogen-bond acceptors (Lipinski definition) is 4. The van der Waals surface area contributed by atoms with Crippen LogP contribution in [0.2, 0.25) is 0 Å². The molecule has 130 valence electrons. The first-order valence-corrected chi connectivity index (χ1v) is 8.44. The van der Waals surface area contributed by atoms with Crippen LogP contribution in [0, 0.1) is 13.8 Å². The predicted octanol–water partition coefficient (Wildman–Crippen LogP) is 1.91. The van der Waals surface area contributed by atoms with Crippen molar-refractivity contribution in [3.8, 4) is 5.75 Å². The number of amides is 3. The normalized spacial score (nSPS) is 20.5. The number of benzene rings is 1. The van der Waals surface area contributed by atoms with Gasteiger partial charge in [0.2, 0.25) is 0 Å². The number of rotatable bonds is 5. The summed E-state index contributed by atoms with van der Waals surface area (Å²) in [6.45, 7) is 3.87. The highest BCUT2D eigenvalue weighted by Gasteiger charge is 2.52. The molecule has 0 aromatic heterocycles. The fourth-order valence-electron chi connectivity index (χ4n) is 3.63. The number of hydrogen-bond donors (Lipinski definition) is 2. The molecule has 2 aliphatic rings. The topological polar surface area (TPSA) is 78.9 Å². The van der Waals surface area contributed by atoms with Crippen molar-refractivity contribution in [3.63, 3.8) is 0 Å². The lowest BCUT2D eigenvalue weighted by atomic mass is 9.98. The minimum absolute atomic E-state index is 0.0375. The average molecular weight is 332 g/mol. The van der Waals surface area contributed by atoms with Crippen LogP contribution in [0.5, 0.6) is 5.75 Å². The van der Waals surface area contributed by atoms with Crippen molar-refractivity contribution >= 4 is 11.9 Å². The smallest absolute Gasteiger partial charge is 0.325 e. The summed E-state index contributed by atoms with van der Waals surface area (Å²) in [5.74, 6) is 0.525. The van der Waals surface area contributed by atoms with E-state index in [0.717, 1.165) is 34.6 Å². The molecular weight excluding hydrogens is 308 g/mol. The summed E-state index contributed by atoms with van der Waals surface area (Å²) in [5.41, 5.74) is 1.24. The van der Waals surface area contributed by atoms with E-state index in [1.807, 2.05) is 32.0 Å². The maximum Gasteiger partial charge on any atom is 0.325 e. The van der Waals surface area contributed by atoms with Gasteiger partial charge >= 0.3 is 6.03 Å². The Labute approximate surface area is 141 Å². The number of ether oxygens (including phenoxy) is 1. The Hall–Kier alpha value is -2.08. The molecule has 1 spiro atoms. The molecule has 1 aliphatic heterocycles. The summed E-state index contributed by atoms with van der Waals surface area (Å²) in [6.07, 6.45) is 2.33. The zero-order valence-electron chi connectivity index (χ0n) is 14.2. The maximum absolute atomic E-state index is 12.5.